The van der Waals surface area contributed by atoms with Crippen LogP contribution in [0.5, 0.6) is 0 Å². The maximum Gasteiger partial charge on any atom is 0.238 e. The lowest BCUT2D eigenvalue weighted by Gasteiger charge is -2.22. The smallest absolute Gasteiger partial charge is 0.238 e. The first kappa shape index (κ1) is 18.5. The lowest BCUT2D eigenvalue weighted by atomic mass is 10.2. The van der Waals surface area contributed by atoms with Crippen LogP contribution in [0.2, 0.25) is 0 Å². The van der Waals surface area contributed by atoms with E-state index in [0.29, 0.717) is 19.1 Å². The number of carbonyl (C=O) groups excluding carboxylic acids is 1. The van der Waals surface area contributed by atoms with Crippen molar-refractivity contribution in [2.75, 3.05) is 11.9 Å². The number of nitrogens with zero attached hydrogens (tertiary/aromatic N) is 1. The minimum atomic E-state index is -0.242. The predicted octanol–water partition coefficient (Wildman–Crippen LogP) is 5.26. The molecule has 0 spiro atoms. The summed E-state index contributed by atoms with van der Waals surface area (Å²) in [4.78, 5) is 14.7. The Morgan fingerprint density at radius 1 is 1.20 bits per heavy atom. The third-order valence-electron chi connectivity index (χ3n) is 4.16. The van der Waals surface area contributed by atoms with Gasteiger partial charge >= 0.3 is 0 Å². The average molecular weight is 470 g/mol. The lowest BCUT2D eigenvalue weighted by Crippen LogP contribution is -2.34. The number of halogens is 3. The molecule has 132 valence electrons. The van der Waals surface area contributed by atoms with Gasteiger partial charge < -0.3 is 5.32 Å². The Morgan fingerprint density at radius 2 is 1.80 bits per heavy atom. The summed E-state index contributed by atoms with van der Waals surface area (Å²) in [7, 11) is 0. The van der Waals surface area contributed by atoms with Gasteiger partial charge in [-0.2, -0.15) is 0 Å². The number of hydrogen-bond donors (Lipinski definition) is 1. The van der Waals surface area contributed by atoms with E-state index in [0.717, 1.165) is 38.6 Å². The normalized spacial score (nSPS) is 14.0. The van der Waals surface area contributed by atoms with E-state index in [9.17, 15) is 9.18 Å². The number of aryl methyl sites for hydroxylation is 1. The zero-order valence-corrected chi connectivity index (χ0v) is 17.0. The highest BCUT2D eigenvalue weighted by atomic mass is 79.9. The Morgan fingerprint density at radius 3 is 2.36 bits per heavy atom. The molecule has 0 unspecified atom stereocenters. The van der Waals surface area contributed by atoms with Crippen LogP contribution in [0, 0.1) is 12.7 Å². The second kappa shape index (κ2) is 7.98. The summed E-state index contributed by atoms with van der Waals surface area (Å²) >= 11 is 7.00. The highest BCUT2D eigenvalue weighted by Crippen LogP contribution is 2.33. The molecule has 0 aliphatic heterocycles. The maximum absolute atomic E-state index is 13.1. The van der Waals surface area contributed by atoms with E-state index in [1.54, 1.807) is 12.1 Å². The van der Waals surface area contributed by atoms with Gasteiger partial charge in [0.1, 0.15) is 5.82 Å². The van der Waals surface area contributed by atoms with E-state index in [1.807, 2.05) is 19.1 Å². The molecule has 25 heavy (non-hydrogen) atoms. The maximum atomic E-state index is 13.1. The number of hydrogen-bond acceptors (Lipinski definition) is 2. The third-order valence-corrected chi connectivity index (χ3v) is 5.41. The summed E-state index contributed by atoms with van der Waals surface area (Å²) in [5.41, 5.74) is 2.86. The van der Waals surface area contributed by atoms with Crippen LogP contribution in [-0.4, -0.2) is 23.4 Å². The SMILES string of the molecule is Cc1cc(Br)c(NC(=O)CN(Cc2ccc(F)cc2)C2CC2)c(Br)c1. The zero-order valence-electron chi connectivity index (χ0n) is 13.9. The van der Waals surface area contributed by atoms with Crippen LogP contribution in [0.15, 0.2) is 45.3 Å². The van der Waals surface area contributed by atoms with E-state index >= 15 is 0 Å². The quantitative estimate of drug-likeness (QED) is 0.625. The highest BCUT2D eigenvalue weighted by molar-refractivity contribution is 9.11. The van der Waals surface area contributed by atoms with Crippen molar-refractivity contribution in [2.45, 2.75) is 32.4 Å². The first-order valence-electron chi connectivity index (χ1n) is 8.16. The Labute approximate surface area is 163 Å². The molecule has 0 bridgehead atoms. The van der Waals surface area contributed by atoms with Crippen LogP contribution in [-0.2, 0) is 11.3 Å². The second-order valence-corrected chi connectivity index (χ2v) is 8.12. The summed E-state index contributed by atoms with van der Waals surface area (Å²) in [5.74, 6) is -0.298. The number of rotatable bonds is 6. The van der Waals surface area contributed by atoms with Crippen molar-refractivity contribution < 1.29 is 9.18 Å². The molecule has 1 fully saturated rings. The number of benzene rings is 2. The number of amides is 1. The van der Waals surface area contributed by atoms with E-state index < -0.39 is 0 Å². The fraction of sp³-hybridized carbons (Fsp3) is 0.316. The van der Waals surface area contributed by atoms with E-state index in [4.69, 9.17) is 0 Å². The molecule has 1 saturated carbocycles. The van der Waals surface area contributed by atoms with Crippen molar-refractivity contribution >= 4 is 43.5 Å². The lowest BCUT2D eigenvalue weighted by molar-refractivity contribution is -0.117. The molecule has 0 aromatic heterocycles. The summed E-state index contributed by atoms with van der Waals surface area (Å²) in [6.07, 6.45) is 2.21. The molecule has 0 heterocycles. The van der Waals surface area contributed by atoms with Crippen LogP contribution in [0.4, 0.5) is 10.1 Å². The number of anilines is 1. The molecule has 1 amide bonds. The molecule has 3 nitrogen and oxygen atoms in total. The molecule has 1 aliphatic rings. The zero-order chi connectivity index (χ0) is 18.0. The average Bonchev–Trinajstić information content (AvgIpc) is 3.37. The molecule has 1 aliphatic carbocycles. The number of nitrogens with one attached hydrogen (secondary N) is 1. The predicted molar refractivity (Wildman–Crippen MR) is 105 cm³/mol. The third kappa shape index (κ3) is 5.12. The summed E-state index contributed by atoms with van der Waals surface area (Å²) in [6, 6.07) is 10.8. The van der Waals surface area contributed by atoms with E-state index in [2.05, 4.69) is 42.1 Å². The van der Waals surface area contributed by atoms with E-state index in [-0.39, 0.29) is 11.7 Å². The Kier molecular flexibility index (Phi) is 5.92. The van der Waals surface area contributed by atoms with Crippen LogP contribution >= 0.6 is 31.9 Å². The standard InChI is InChI=1S/C19H19Br2FN2O/c1-12-8-16(20)19(17(21)9-12)23-18(25)11-24(15-6-7-15)10-13-2-4-14(22)5-3-13/h2-5,8-9,15H,6-7,10-11H2,1H3,(H,23,25). The summed E-state index contributed by atoms with van der Waals surface area (Å²) < 4.78 is 14.8. The molecule has 0 radical (unpaired) electrons. The molecule has 0 atom stereocenters. The summed E-state index contributed by atoms with van der Waals surface area (Å²) in [6.45, 7) is 2.96. The highest BCUT2D eigenvalue weighted by Gasteiger charge is 2.30. The van der Waals surface area contributed by atoms with Crippen LogP contribution < -0.4 is 5.32 Å². The van der Waals surface area contributed by atoms with Gasteiger partial charge in [-0.05, 0) is 87.0 Å². The van der Waals surface area contributed by atoms with Gasteiger partial charge in [0.2, 0.25) is 5.91 Å². The van der Waals surface area contributed by atoms with Crippen molar-refractivity contribution in [3.8, 4) is 0 Å². The molecular formula is C19H19Br2FN2O. The van der Waals surface area contributed by atoms with Crippen molar-refractivity contribution in [3.63, 3.8) is 0 Å². The molecule has 1 N–H and O–H groups in total. The van der Waals surface area contributed by atoms with Crippen molar-refractivity contribution in [2.24, 2.45) is 0 Å². The van der Waals surface area contributed by atoms with Gasteiger partial charge in [0.15, 0.2) is 0 Å². The van der Waals surface area contributed by atoms with Crippen LogP contribution in [0.1, 0.15) is 24.0 Å². The topological polar surface area (TPSA) is 32.3 Å². The van der Waals surface area contributed by atoms with Gasteiger partial charge in [-0.25, -0.2) is 4.39 Å². The van der Waals surface area contributed by atoms with Crippen molar-refractivity contribution in [1.29, 1.82) is 0 Å². The Balaban J connectivity index is 1.66. The van der Waals surface area contributed by atoms with E-state index in [1.165, 1.54) is 12.1 Å². The first-order chi connectivity index (χ1) is 11.9. The van der Waals surface area contributed by atoms with Crippen molar-refractivity contribution in [3.05, 3.63) is 62.3 Å². The minimum absolute atomic E-state index is 0.0562. The van der Waals surface area contributed by atoms with Gasteiger partial charge in [0, 0.05) is 21.5 Å². The largest absolute Gasteiger partial charge is 0.323 e. The molecule has 2 aromatic rings. The summed E-state index contributed by atoms with van der Waals surface area (Å²) in [5, 5.41) is 2.98. The van der Waals surface area contributed by atoms with Gasteiger partial charge in [-0.3, -0.25) is 9.69 Å². The fourth-order valence-electron chi connectivity index (χ4n) is 2.76. The fourth-order valence-corrected chi connectivity index (χ4v) is 4.37. The molecule has 0 saturated heterocycles. The molecule has 3 rings (SSSR count). The Hall–Kier alpha value is -1.24. The van der Waals surface area contributed by atoms with Crippen LogP contribution in [0.25, 0.3) is 0 Å². The first-order valence-corrected chi connectivity index (χ1v) is 9.75. The van der Waals surface area contributed by atoms with Gasteiger partial charge in [-0.15, -0.1) is 0 Å². The monoisotopic (exact) mass is 468 g/mol. The van der Waals surface area contributed by atoms with Gasteiger partial charge in [0.25, 0.3) is 0 Å². The minimum Gasteiger partial charge on any atom is -0.323 e. The van der Waals surface area contributed by atoms with Crippen molar-refractivity contribution in [1.82, 2.24) is 4.90 Å². The molecule has 6 heteroatoms. The van der Waals surface area contributed by atoms with Gasteiger partial charge in [0.05, 0.1) is 12.2 Å². The van der Waals surface area contributed by atoms with Gasteiger partial charge in [-0.1, -0.05) is 12.1 Å². The molecular weight excluding hydrogens is 451 g/mol. The number of carbonyl (C=O) groups is 1. The Bertz CT molecular complexity index is 752. The van der Waals surface area contributed by atoms with Crippen LogP contribution in [0.3, 0.4) is 0 Å². The second-order valence-electron chi connectivity index (χ2n) is 6.41. The molecule has 2 aromatic carbocycles.